The van der Waals surface area contributed by atoms with Crippen LogP contribution in [0.4, 0.5) is 16.2 Å². The summed E-state index contributed by atoms with van der Waals surface area (Å²) in [7, 11) is 0. The van der Waals surface area contributed by atoms with Crippen LogP contribution in [0.2, 0.25) is 0 Å². The minimum Gasteiger partial charge on any atom is -0.267 e. The van der Waals surface area contributed by atoms with Crippen molar-refractivity contribution in [2.24, 2.45) is 0 Å². The summed E-state index contributed by atoms with van der Waals surface area (Å²) in [6.07, 6.45) is 2.49. The second-order valence-electron chi connectivity index (χ2n) is 7.68. The van der Waals surface area contributed by atoms with E-state index in [4.69, 9.17) is 0 Å². The summed E-state index contributed by atoms with van der Waals surface area (Å²) in [5, 5.41) is 10.5. The van der Waals surface area contributed by atoms with Crippen molar-refractivity contribution in [1.82, 2.24) is 4.90 Å². The highest BCUT2D eigenvalue weighted by atomic mass is 16.6. The highest BCUT2D eigenvalue weighted by Gasteiger charge is 2.71. The van der Waals surface area contributed by atoms with Crippen molar-refractivity contribution < 1.29 is 24.2 Å². The highest BCUT2D eigenvalue weighted by Crippen LogP contribution is 2.46. The van der Waals surface area contributed by atoms with E-state index in [1.54, 1.807) is 30.3 Å². The monoisotopic (exact) mass is 380 g/mol. The third kappa shape index (κ3) is 1.96. The lowest BCUT2D eigenvalue weighted by Crippen LogP contribution is -2.59. The van der Waals surface area contributed by atoms with Crippen LogP contribution in [-0.4, -0.2) is 63.3 Å². The van der Waals surface area contributed by atoms with Gasteiger partial charge in [-0.05, 0) is 12.1 Å². The minimum atomic E-state index is -0.404. The van der Waals surface area contributed by atoms with Crippen molar-refractivity contribution in [3.8, 4) is 0 Å². The number of quaternary nitrogens is 1. The van der Waals surface area contributed by atoms with Crippen LogP contribution in [0.15, 0.2) is 49.1 Å². The van der Waals surface area contributed by atoms with Crippen molar-refractivity contribution >= 4 is 34.1 Å². The Bertz CT molecular complexity index is 1070. The molecule has 28 heavy (non-hydrogen) atoms. The molecule has 1 N–H and O–H groups in total. The van der Waals surface area contributed by atoms with E-state index >= 15 is 0 Å². The van der Waals surface area contributed by atoms with E-state index in [1.807, 2.05) is 6.08 Å². The summed E-state index contributed by atoms with van der Waals surface area (Å²) < 4.78 is 0.134. The average molecular weight is 380 g/mol. The van der Waals surface area contributed by atoms with Crippen molar-refractivity contribution in [1.29, 1.82) is 0 Å². The number of nitrogens with zero attached hydrogens (tertiary/aromatic N) is 4. The molecule has 0 radical (unpaired) electrons. The van der Waals surface area contributed by atoms with Crippen LogP contribution >= 0.6 is 0 Å². The van der Waals surface area contributed by atoms with E-state index in [9.17, 15) is 19.7 Å². The average Bonchev–Trinajstić information content (AvgIpc) is 3.30. The topological polar surface area (TPSA) is 80.9 Å². The first kappa shape index (κ1) is 17.0. The van der Waals surface area contributed by atoms with Gasteiger partial charge in [-0.2, -0.15) is 4.90 Å². The number of hydrogen-bond donors (Lipinski definition) is 1. The molecule has 1 spiro atoms. The lowest BCUT2D eigenvalue weighted by molar-refractivity contribution is -0.861. The Labute approximate surface area is 161 Å². The summed E-state index contributed by atoms with van der Waals surface area (Å²) >= 11 is 0. The van der Waals surface area contributed by atoms with Crippen LogP contribution in [0.3, 0.4) is 0 Å². The molecular formula is C20H20N4O4+2. The fourth-order valence-corrected chi connectivity index (χ4v) is 5.18. The van der Waals surface area contributed by atoms with Crippen molar-refractivity contribution in [3.05, 3.63) is 54.0 Å². The number of rotatable bonds is 4. The minimum absolute atomic E-state index is 0.0258. The van der Waals surface area contributed by atoms with E-state index in [2.05, 4.69) is 11.5 Å². The Kier molecular flexibility index (Phi) is 3.47. The molecule has 3 aliphatic rings. The van der Waals surface area contributed by atoms with E-state index < -0.39 is 6.04 Å². The third-order valence-electron chi connectivity index (χ3n) is 6.36. The van der Waals surface area contributed by atoms with Gasteiger partial charge in [0.15, 0.2) is 6.04 Å². The van der Waals surface area contributed by atoms with Gasteiger partial charge in [-0.1, -0.05) is 24.3 Å². The second-order valence-corrected chi connectivity index (χ2v) is 7.68. The summed E-state index contributed by atoms with van der Waals surface area (Å²) in [6.45, 7) is 5.72. The molecule has 2 bridgehead atoms. The van der Waals surface area contributed by atoms with Gasteiger partial charge < -0.3 is 0 Å². The molecule has 2 aromatic carbocycles. The van der Waals surface area contributed by atoms with Crippen molar-refractivity contribution in [2.45, 2.75) is 18.5 Å². The number of hydrogen-bond acceptors (Lipinski definition) is 4. The molecule has 2 aromatic rings. The van der Waals surface area contributed by atoms with E-state index in [0.29, 0.717) is 36.1 Å². The van der Waals surface area contributed by atoms with Gasteiger partial charge in [0.2, 0.25) is 0 Å². The van der Waals surface area contributed by atoms with Crippen molar-refractivity contribution in [2.75, 3.05) is 24.7 Å². The number of imide groups is 1. The van der Waals surface area contributed by atoms with E-state index in [0.717, 1.165) is 6.54 Å². The van der Waals surface area contributed by atoms with Gasteiger partial charge in [-0.15, -0.1) is 6.58 Å². The van der Waals surface area contributed by atoms with Gasteiger partial charge in [0.25, 0.3) is 10.8 Å². The molecular weight excluding hydrogens is 360 g/mol. The first-order valence-electron chi connectivity index (χ1n) is 9.26. The Hall–Kier alpha value is -3.10. The molecule has 3 aliphatic heterocycles. The van der Waals surface area contributed by atoms with Crippen molar-refractivity contribution in [3.63, 3.8) is 0 Å². The summed E-state index contributed by atoms with van der Waals surface area (Å²) in [4.78, 5) is 41.7. The molecule has 3 unspecified atom stereocenters. The van der Waals surface area contributed by atoms with E-state index in [-0.39, 0.29) is 33.1 Å². The van der Waals surface area contributed by atoms with Gasteiger partial charge in [0, 0.05) is 17.9 Å². The summed E-state index contributed by atoms with van der Waals surface area (Å²) in [5.41, 5.74) is 0.525. The number of fused-ring (bicyclic) bond motifs is 2. The third-order valence-corrected chi connectivity index (χ3v) is 6.36. The molecule has 3 amide bonds. The Morgan fingerprint density at radius 2 is 1.93 bits per heavy atom. The zero-order valence-electron chi connectivity index (χ0n) is 15.2. The molecule has 0 saturated carbocycles. The van der Waals surface area contributed by atoms with Crippen LogP contribution in [0.1, 0.15) is 6.42 Å². The predicted octanol–water partition coefficient (Wildman–Crippen LogP) is 2.52. The molecule has 0 aliphatic carbocycles. The lowest BCUT2D eigenvalue weighted by Gasteiger charge is -2.33. The number of benzene rings is 2. The van der Waals surface area contributed by atoms with Gasteiger partial charge in [-0.3, -0.25) is 4.79 Å². The van der Waals surface area contributed by atoms with Crippen LogP contribution in [-0.2, 0) is 4.79 Å². The summed E-state index contributed by atoms with van der Waals surface area (Å²) in [5.74, 6) is -0.206. The second kappa shape index (κ2) is 5.70. The van der Waals surface area contributed by atoms with Crippen LogP contribution in [0, 0.1) is 4.91 Å². The van der Waals surface area contributed by atoms with Crippen LogP contribution in [0.25, 0.3) is 10.8 Å². The summed E-state index contributed by atoms with van der Waals surface area (Å²) in [6, 6.07) is 9.35. The van der Waals surface area contributed by atoms with Gasteiger partial charge in [0.1, 0.15) is 12.7 Å². The molecule has 5 rings (SSSR count). The molecule has 142 valence electrons. The molecule has 3 saturated heterocycles. The normalized spacial score (nSPS) is 30.9. The van der Waals surface area contributed by atoms with E-state index in [1.165, 1.54) is 11.0 Å². The largest absolute Gasteiger partial charge is 0.432 e. The first-order chi connectivity index (χ1) is 13.5. The Morgan fingerprint density at radius 1 is 1.18 bits per heavy atom. The zero-order valence-corrected chi connectivity index (χ0v) is 15.2. The number of anilines is 1. The van der Waals surface area contributed by atoms with Crippen LogP contribution in [0.5, 0.6) is 0 Å². The fraction of sp³-hybridized carbons (Fsp3) is 0.300. The van der Waals surface area contributed by atoms with Gasteiger partial charge in [-0.25, -0.2) is 19.4 Å². The number of piperazine rings is 1. The molecule has 3 fully saturated rings. The molecule has 3 heterocycles. The maximum Gasteiger partial charge on any atom is 0.432 e. The predicted molar refractivity (Wildman–Crippen MR) is 101 cm³/mol. The Morgan fingerprint density at radius 3 is 2.64 bits per heavy atom. The quantitative estimate of drug-likeness (QED) is 0.382. The Balaban J connectivity index is 1.67. The lowest BCUT2D eigenvalue weighted by atomic mass is 10.1. The molecule has 8 heteroatoms. The highest BCUT2D eigenvalue weighted by molar-refractivity contribution is 6.22. The zero-order chi connectivity index (χ0) is 19.6. The standard InChI is InChI=1S/C20H20N4O4/c1-2-5-13-10-21-11-18-19(25)22(20(26)24(13,18)12-21)16-8-9-17(23(27)28)15-7-4-3-6-14(15)16/h2-4,6-9,13,18H,1,5,10-12H2,(H,27,28)/q+2. The number of carbonyl (C=O) groups excluding carboxylic acids is 2. The number of carbonyl (C=O) groups is 2. The first-order valence-corrected chi connectivity index (χ1v) is 9.26. The molecule has 4 atom stereocenters. The smallest absolute Gasteiger partial charge is 0.267 e. The van der Waals surface area contributed by atoms with Gasteiger partial charge in [0.05, 0.1) is 29.1 Å². The maximum absolute atomic E-state index is 13.6. The fourth-order valence-electron chi connectivity index (χ4n) is 5.18. The molecule has 0 aromatic heterocycles. The van der Waals surface area contributed by atoms with Crippen LogP contribution < -0.4 is 4.90 Å². The number of amides is 3. The van der Waals surface area contributed by atoms with Gasteiger partial charge >= 0.3 is 11.7 Å². The number of urea groups is 1. The molecule has 8 nitrogen and oxygen atoms in total. The maximum atomic E-state index is 13.6. The SMILES string of the molecule is C=CCC1C[N@@]2CC3C(=O)N(c4ccc([N+](=O)O)c5ccccc45)C(=O)[N+]13C2.